The summed E-state index contributed by atoms with van der Waals surface area (Å²) in [6.07, 6.45) is 6.35. The molecule has 1 aromatic rings. The Morgan fingerprint density at radius 1 is 1.39 bits per heavy atom. The van der Waals surface area contributed by atoms with Crippen LogP contribution in [0.15, 0.2) is 29.2 Å². The second-order valence-corrected chi connectivity index (χ2v) is 7.48. The van der Waals surface area contributed by atoms with E-state index in [0.717, 1.165) is 18.4 Å². The fourth-order valence-corrected chi connectivity index (χ4v) is 3.87. The molecule has 1 aromatic carbocycles. The lowest BCUT2D eigenvalue weighted by Crippen LogP contribution is -2.33. The zero-order valence-corrected chi connectivity index (χ0v) is 15.3. The Bertz CT molecular complexity index is 613. The van der Waals surface area contributed by atoms with Crippen molar-refractivity contribution < 1.29 is 9.90 Å². The van der Waals surface area contributed by atoms with Crippen LogP contribution in [0, 0.1) is 5.92 Å². The van der Waals surface area contributed by atoms with Gasteiger partial charge in [0.2, 0.25) is 0 Å². The first-order valence-electron chi connectivity index (χ1n) is 8.09. The molecule has 1 aliphatic rings. The molecular formula is C18H23NO2S2. The Morgan fingerprint density at radius 2 is 2.17 bits per heavy atom. The van der Waals surface area contributed by atoms with Gasteiger partial charge in [-0.2, -0.15) is 0 Å². The quantitative estimate of drug-likeness (QED) is 0.566. The normalized spacial score (nSPS) is 18.0. The van der Waals surface area contributed by atoms with Gasteiger partial charge in [0.15, 0.2) is 0 Å². The summed E-state index contributed by atoms with van der Waals surface area (Å²) >= 11 is 6.74. The third kappa shape index (κ3) is 4.82. The van der Waals surface area contributed by atoms with Crippen LogP contribution in [-0.2, 0) is 4.79 Å². The Labute approximate surface area is 147 Å². The third-order valence-corrected chi connectivity index (χ3v) is 5.40. The standard InChI is InChI=1S/C18H23NO2S2/c1-3-5-7-13(4-2)12-19-17(21)16(23-18(19)22)11-14-8-6-9-15(20)10-14/h6,8-11,13,20H,3-5,7,12H2,1-2H3/b16-11-/t13-/m0/s1. The number of thioether (sulfide) groups is 1. The predicted octanol–water partition coefficient (Wildman–Crippen LogP) is 4.81. The smallest absolute Gasteiger partial charge is 0.266 e. The van der Waals surface area contributed by atoms with Crippen molar-refractivity contribution in [3.63, 3.8) is 0 Å². The van der Waals surface area contributed by atoms with Gasteiger partial charge in [-0.1, -0.05) is 69.2 Å². The van der Waals surface area contributed by atoms with Crippen molar-refractivity contribution in [2.24, 2.45) is 5.92 Å². The van der Waals surface area contributed by atoms with Crippen molar-refractivity contribution >= 4 is 40.3 Å². The SMILES string of the molecule is CCCC[C@H](CC)CN1C(=O)/C(=C/c2cccc(O)c2)SC1=S. The fraction of sp³-hybridized carbons (Fsp3) is 0.444. The lowest BCUT2D eigenvalue weighted by molar-refractivity contribution is -0.122. The Balaban J connectivity index is 2.10. The number of aromatic hydroxyl groups is 1. The molecule has 1 heterocycles. The van der Waals surface area contributed by atoms with Crippen LogP contribution in [0.4, 0.5) is 0 Å². The molecule has 0 spiro atoms. The van der Waals surface area contributed by atoms with Crippen molar-refractivity contribution in [3.8, 4) is 5.75 Å². The van der Waals surface area contributed by atoms with Gasteiger partial charge >= 0.3 is 0 Å². The second kappa shape index (κ2) is 8.50. The third-order valence-electron chi connectivity index (χ3n) is 4.03. The molecule has 0 aromatic heterocycles. The van der Waals surface area contributed by atoms with E-state index in [1.807, 2.05) is 6.07 Å². The predicted molar refractivity (Wildman–Crippen MR) is 101 cm³/mol. The molecule has 1 amide bonds. The largest absolute Gasteiger partial charge is 0.508 e. The van der Waals surface area contributed by atoms with E-state index in [1.54, 1.807) is 29.2 Å². The number of hydrogen-bond acceptors (Lipinski definition) is 4. The highest BCUT2D eigenvalue weighted by Gasteiger charge is 2.33. The lowest BCUT2D eigenvalue weighted by atomic mass is 9.99. The minimum atomic E-state index is -0.0155. The summed E-state index contributed by atoms with van der Waals surface area (Å²) in [6.45, 7) is 5.06. The van der Waals surface area contributed by atoms with Crippen LogP contribution in [0.2, 0.25) is 0 Å². The molecule has 1 saturated heterocycles. The molecule has 0 saturated carbocycles. The molecule has 5 heteroatoms. The summed E-state index contributed by atoms with van der Waals surface area (Å²) in [5.41, 5.74) is 0.809. The topological polar surface area (TPSA) is 40.5 Å². The van der Waals surface area contributed by atoms with E-state index in [-0.39, 0.29) is 11.7 Å². The number of unbranched alkanes of at least 4 members (excludes halogenated alkanes) is 1. The van der Waals surface area contributed by atoms with Gasteiger partial charge in [-0.15, -0.1) is 0 Å². The van der Waals surface area contributed by atoms with E-state index in [0.29, 0.717) is 21.7 Å². The Morgan fingerprint density at radius 3 is 2.83 bits per heavy atom. The van der Waals surface area contributed by atoms with E-state index in [4.69, 9.17) is 12.2 Å². The number of benzene rings is 1. The number of carbonyl (C=O) groups is 1. The molecule has 23 heavy (non-hydrogen) atoms. The van der Waals surface area contributed by atoms with Crippen LogP contribution in [-0.4, -0.2) is 26.8 Å². The highest BCUT2D eigenvalue weighted by Crippen LogP contribution is 2.34. The first-order valence-corrected chi connectivity index (χ1v) is 9.32. The number of nitrogens with zero attached hydrogens (tertiary/aromatic N) is 1. The molecule has 0 bridgehead atoms. The first kappa shape index (κ1) is 18.0. The minimum Gasteiger partial charge on any atom is -0.508 e. The highest BCUT2D eigenvalue weighted by atomic mass is 32.2. The number of carbonyl (C=O) groups excluding carboxylic acids is 1. The maximum atomic E-state index is 12.6. The van der Waals surface area contributed by atoms with Crippen molar-refractivity contribution in [2.45, 2.75) is 39.5 Å². The Kier molecular flexibility index (Phi) is 6.66. The zero-order valence-electron chi connectivity index (χ0n) is 13.6. The second-order valence-electron chi connectivity index (χ2n) is 5.80. The van der Waals surface area contributed by atoms with Crippen molar-refractivity contribution in [1.82, 2.24) is 4.90 Å². The molecule has 3 nitrogen and oxygen atoms in total. The van der Waals surface area contributed by atoms with Crippen molar-refractivity contribution in [1.29, 1.82) is 0 Å². The van der Waals surface area contributed by atoms with E-state index in [9.17, 15) is 9.90 Å². The van der Waals surface area contributed by atoms with E-state index < -0.39 is 0 Å². The number of hydrogen-bond donors (Lipinski definition) is 1. The van der Waals surface area contributed by atoms with E-state index in [1.165, 1.54) is 24.6 Å². The van der Waals surface area contributed by atoms with Crippen LogP contribution >= 0.6 is 24.0 Å². The molecule has 1 N–H and O–H groups in total. The van der Waals surface area contributed by atoms with Gasteiger partial charge in [-0.3, -0.25) is 9.69 Å². The Hall–Kier alpha value is -1.33. The maximum Gasteiger partial charge on any atom is 0.266 e. The average Bonchev–Trinajstić information content (AvgIpc) is 2.78. The van der Waals surface area contributed by atoms with Crippen LogP contribution < -0.4 is 0 Å². The van der Waals surface area contributed by atoms with E-state index >= 15 is 0 Å². The number of phenolic OH excluding ortho intramolecular Hbond substituents is 1. The minimum absolute atomic E-state index is 0.0155. The van der Waals surface area contributed by atoms with E-state index in [2.05, 4.69) is 13.8 Å². The van der Waals surface area contributed by atoms with Gasteiger partial charge in [0.1, 0.15) is 10.1 Å². The summed E-state index contributed by atoms with van der Waals surface area (Å²) < 4.78 is 0.636. The number of rotatable bonds is 7. The molecular weight excluding hydrogens is 326 g/mol. The van der Waals surface area contributed by atoms with Gasteiger partial charge in [-0.25, -0.2) is 0 Å². The van der Waals surface area contributed by atoms with Crippen LogP contribution in [0.3, 0.4) is 0 Å². The maximum absolute atomic E-state index is 12.6. The van der Waals surface area contributed by atoms with Crippen molar-refractivity contribution in [2.75, 3.05) is 6.54 Å². The summed E-state index contributed by atoms with van der Waals surface area (Å²) in [6, 6.07) is 6.88. The fourth-order valence-electron chi connectivity index (χ4n) is 2.60. The van der Waals surface area contributed by atoms with Gasteiger partial charge in [-0.05, 0) is 36.1 Å². The molecule has 124 valence electrons. The first-order chi connectivity index (χ1) is 11.0. The number of thiocarbonyl (C=S) groups is 1. The van der Waals surface area contributed by atoms with Crippen molar-refractivity contribution in [3.05, 3.63) is 34.7 Å². The van der Waals surface area contributed by atoms with Gasteiger partial charge in [0, 0.05) is 6.54 Å². The van der Waals surface area contributed by atoms with Crippen LogP contribution in [0.25, 0.3) is 6.08 Å². The highest BCUT2D eigenvalue weighted by molar-refractivity contribution is 8.26. The molecule has 0 unspecified atom stereocenters. The summed E-state index contributed by atoms with van der Waals surface area (Å²) in [7, 11) is 0. The summed E-state index contributed by atoms with van der Waals surface area (Å²) in [5, 5.41) is 9.53. The summed E-state index contributed by atoms with van der Waals surface area (Å²) in [5.74, 6) is 0.677. The molecule has 1 fully saturated rings. The van der Waals surface area contributed by atoms with Gasteiger partial charge < -0.3 is 5.11 Å². The number of amides is 1. The van der Waals surface area contributed by atoms with Gasteiger partial charge in [0.05, 0.1) is 4.91 Å². The monoisotopic (exact) mass is 349 g/mol. The summed E-state index contributed by atoms with van der Waals surface area (Å²) in [4.78, 5) is 15.0. The molecule has 2 rings (SSSR count). The average molecular weight is 350 g/mol. The molecule has 0 aliphatic carbocycles. The lowest BCUT2D eigenvalue weighted by Gasteiger charge is -2.21. The van der Waals surface area contributed by atoms with Gasteiger partial charge in [0.25, 0.3) is 5.91 Å². The molecule has 0 radical (unpaired) electrons. The van der Waals surface area contributed by atoms with Crippen LogP contribution in [0.1, 0.15) is 45.1 Å². The van der Waals surface area contributed by atoms with Crippen LogP contribution in [0.5, 0.6) is 5.75 Å². The molecule has 1 atom stereocenters. The molecule has 1 aliphatic heterocycles. The number of phenols is 1. The zero-order chi connectivity index (χ0) is 16.8.